The minimum atomic E-state index is -0.508. The largest absolute Gasteiger partial charge is 0.358 e. The van der Waals surface area contributed by atoms with Crippen LogP contribution in [0.2, 0.25) is 0 Å². The average molecular weight is 479 g/mol. The zero-order valence-corrected chi connectivity index (χ0v) is 20.8. The van der Waals surface area contributed by atoms with E-state index in [2.05, 4.69) is 19.8 Å². The fourth-order valence-electron chi connectivity index (χ4n) is 5.68. The van der Waals surface area contributed by atoms with E-state index in [4.69, 9.17) is 4.74 Å². The lowest BCUT2D eigenvalue weighted by atomic mass is 9.85. The van der Waals surface area contributed by atoms with Crippen LogP contribution in [0.25, 0.3) is 0 Å². The quantitative estimate of drug-likeness (QED) is 0.631. The van der Waals surface area contributed by atoms with E-state index in [0.29, 0.717) is 30.7 Å². The Hall–Kier alpha value is -3.04. The highest BCUT2D eigenvalue weighted by Crippen LogP contribution is 2.34. The molecule has 1 aromatic carbocycles. The first-order valence-corrected chi connectivity index (χ1v) is 12.4. The monoisotopic (exact) mass is 478 g/mol. The molecule has 2 aliphatic heterocycles. The zero-order chi connectivity index (χ0) is 24.5. The van der Waals surface area contributed by atoms with Gasteiger partial charge in [-0.05, 0) is 37.2 Å². The van der Waals surface area contributed by atoms with E-state index in [-0.39, 0.29) is 11.8 Å². The Morgan fingerprint density at radius 3 is 2.49 bits per heavy atom. The minimum Gasteiger partial charge on any atom is -0.358 e. The molecule has 5 rings (SSSR count). The molecule has 1 unspecified atom stereocenters. The second kappa shape index (κ2) is 9.91. The number of hydrogen-bond acceptors (Lipinski definition) is 7. The first kappa shape index (κ1) is 23.7. The maximum absolute atomic E-state index is 12.9. The number of benzene rings is 1. The van der Waals surface area contributed by atoms with Crippen LogP contribution in [-0.4, -0.2) is 78.6 Å². The van der Waals surface area contributed by atoms with Crippen LogP contribution in [0.3, 0.4) is 0 Å². The van der Waals surface area contributed by atoms with Crippen molar-refractivity contribution in [3.63, 3.8) is 0 Å². The second-order valence-corrected chi connectivity index (χ2v) is 10.00. The number of carbonyl (C=O) groups is 2. The molecule has 2 amide bonds. The summed E-state index contributed by atoms with van der Waals surface area (Å²) in [7, 11) is 5.53. The summed E-state index contributed by atoms with van der Waals surface area (Å²) in [6, 6.07) is 8.37. The molecule has 0 N–H and O–H groups in total. The Kier molecular flexibility index (Phi) is 6.71. The molecule has 1 aliphatic carbocycles. The van der Waals surface area contributed by atoms with Gasteiger partial charge in [-0.2, -0.15) is 0 Å². The van der Waals surface area contributed by atoms with Crippen molar-refractivity contribution >= 4 is 23.5 Å². The highest BCUT2D eigenvalue weighted by molar-refractivity contribution is 5.96. The number of likely N-dealkylation sites (N-methyl/N-ethyl adjacent to an activating group) is 1. The van der Waals surface area contributed by atoms with E-state index in [9.17, 15) is 9.59 Å². The van der Waals surface area contributed by atoms with Gasteiger partial charge in [0.15, 0.2) is 12.0 Å². The van der Waals surface area contributed by atoms with Gasteiger partial charge in [0.1, 0.15) is 5.82 Å². The molecule has 2 aromatic rings. The molecule has 3 heterocycles. The summed E-state index contributed by atoms with van der Waals surface area (Å²) in [5, 5.41) is 0. The number of aromatic nitrogens is 2. The van der Waals surface area contributed by atoms with Crippen molar-refractivity contribution in [3.05, 3.63) is 47.8 Å². The molecule has 0 radical (unpaired) electrons. The lowest BCUT2D eigenvalue weighted by Crippen LogP contribution is -2.42. The lowest BCUT2D eigenvalue weighted by molar-refractivity contribution is -0.125. The van der Waals surface area contributed by atoms with Crippen LogP contribution in [0, 0.1) is 5.92 Å². The Morgan fingerprint density at radius 2 is 1.83 bits per heavy atom. The van der Waals surface area contributed by atoms with E-state index in [1.54, 1.807) is 24.4 Å². The SMILES string of the molecule is COC1c2ccccc2CC(=O)N1c1cnc(N(C)CC2CCC(N3CC(=O)N(C)C3)CC2)cn1. The van der Waals surface area contributed by atoms with Crippen molar-refractivity contribution in [2.75, 3.05) is 50.8 Å². The summed E-state index contributed by atoms with van der Waals surface area (Å²) < 4.78 is 5.69. The number of nitrogens with zero attached hydrogens (tertiary/aromatic N) is 6. The van der Waals surface area contributed by atoms with Crippen LogP contribution < -0.4 is 9.80 Å². The highest BCUT2D eigenvalue weighted by Gasteiger charge is 2.35. The van der Waals surface area contributed by atoms with Gasteiger partial charge in [-0.3, -0.25) is 19.4 Å². The first-order chi connectivity index (χ1) is 16.9. The minimum absolute atomic E-state index is 0.0476. The molecule has 3 aliphatic rings. The van der Waals surface area contributed by atoms with Crippen LogP contribution in [-0.2, 0) is 20.7 Å². The Balaban J connectivity index is 1.19. The Labute approximate surface area is 206 Å². The van der Waals surface area contributed by atoms with E-state index < -0.39 is 6.23 Å². The Bertz CT molecular complexity index is 1070. The summed E-state index contributed by atoms with van der Waals surface area (Å²) in [5.41, 5.74) is 1.97. The van der Waals surface area contributed by atoms with E-state index in [1.807, 2.05) is 43.3 Å². The third kappa shape index (κ3) is 4.75. The standard InChI is InChI=1S/C26H34N6O3/c1-29(15-18-8-10-20(11-9-18)31-16-25(34)30(2)17-31)22-13-28-23(14-27-22)32-24(33)12-19-6-4-5-7-21(19)26(32)35-3/h4-7,13-14,18,20,26H,8-12,15-17H2,1-3H3. The summed E-state index contributed by atoms with van der Waals surface area (Å²) in [6.45, 7) is 2.23. The third-order valence-corrected chi connectivity index (χ3v) is 7.67. The van der Waals surface area contributed by atoms with Crippen LogP contribution in [0.1, 0.15) is 43.0 Å². The topological polar surface area (TPSA) is 82.1 Å². The van der Waals surface area contributed by atoms with Gasteiger partial charge in [-0.25, -0.2) is 9.97 Å². The van der Waals surface area contributed by atoms with Gasteiger partial charge in [0.2, 0.25) is 11.8 Å². The van der Waals surface area contributed by atoms with Crippen LogP contribution >= 0.6 is 0 Å². The van der Waals surface area contributed by atoms with Gasteiger partial charge in [-0.15, -0.1) is 0 Å². The molecule has 1 aromatic heterocycles. The smallest absolute Gasteiger partial charge is 0.237 e. The fourth-order valence-corrected chi connectivity index (χ4v) is 5.68. The molecule has 1 saturated carbocycles. The van der Waals surface area contributed by atoms with Crippen LogP contribution in [0.4, 0.5) is 11.6 Å². The number of anilines is 2. The van der Waals surface area contributed by atoms with Gasteiger partial charge >= 0.3 is 0 Å². The number of carbonyl (C=O) groups excluding carboxylic acids is 2. The molecule has 9 nitrogen and oxygen atoms in total. The van der Waals surface area contributed by atoms with Crippen molar-refractivity contribution in [2.45, 2.75) is 44.4 Å². The van der Waals surface area contributed by atoms with Crippen molar-refractivity contribution in [3.8, 4) is 0 Å². The predicted octanol–water partition coefficient (Wildman–Crippen LogP) is 2.44. The first-order valence-electron chi connectivity index (χ1n) is 12.4. The molecule has 2 fully saturated rings. The van der Waals surface area contributed by atoms with E-state index >= 15 is 0 Å². The Morgan fingerprint density at radius 1 is 1.06 bits per heavy atom. The number of methoxy groups -OCH3 is 1. The molecular formula is C26H34N6O3. The van der Waals surface area contributed by atoms with Crippen molar-refractivity contribution in [2.24, 2.45) is 5.92 Å². The lowest BCUT2D eigenvalue weighted by Gasteiger charge is -2.36. The van der Waals surface area contributed by atoms with Gasteiger partial charge in [0.05, 0.1) is 32.0 Å². The predicted molar refractivity (Wildman–Crippen MR) is 133 cm³/mol. The molecule has 0 spiro atoms. The summed E-state index contributed by atoms with van der Waals surface area (Å²) in [5.74, 6) is 2.06. The number of rotatable bonds is 6. The zero-order valence-electron chi connectivity index (χ0n) is 20.8. The van der Waals surface area contributed by atoms with Gasteiger partial charge < -0.3 is 14.5 Å². The average Bonchev–Trinajstić information content (AvgIpc) is 3.21. The summed E-state index contributed by atoms with van der Waals surface area (Å²) in [6.07, 6.45) is 7.77. The molecular weight excluding hydrogens is 444 g/mol. The molecule has 186 valence electrons. The fraction of sp³-hybridized carbons (Fsp3) is 0.538. The van der Waals surface area contributed by atoms with Crippen molar-refractivity contribution in [1.82, 2.24) is 19.8 Å². The summed E-state index contributed by atoms with van der Waals surface area (Å²) >= 11 is 0. The van der Waals surface area contributed by atoms with Crippen LogP contribution in [0.5, 0.6) is 0 Å². The molecule has 9 heteroatoms. The van der Waals surface area contributed by atoms with Gasteiger partial charge in [0, 0.05) is 39.4 Å². The van der Waals surface area contributed by atoms with Crippen molar-refractivity contribution < 1.29 is 14.3 Å². The third-order valence-electron chi connectivity index (χ3n) is 7.67. The van der Waals surface area contributed by atoms with Gasteiger partial charge in [-0.1, -0.05) is 24.3 Å². The van der Waals surface area contributed by atoms with E-state index in [1.165, 1.54) is 0 Å². The van der Waals surface area contributed by atoms with E-state index in [0.717, 1.165) is 55.8 Å². The summed E-state index contributed by atoms with van der Waals surface area (Å²) in [4.78, 5) is 41.9. The maximum Gasteiger partial charge on any atom is 0.237 e. The number of ether oxygens (including phenoxy) is 1. The normalized spacial score (nSPS) is 25.2. The molecule has 1 saturated heterocycles. The number of amides is 2. The second-order valence-electron chi connectivity index (χ2n) is 10.00. The van der Waals surface area contributed by atoms with Crippen molar-refractivity contribution in [1.29, 1.82) is 0 Å². The molecule has 1 atom stereocenters. The number of hydrogen-bond donors (Lipinski definition) is 0. The number of fused-ring (bicyclic) bond motifs is 1. The molecule has 0 bridgehead atoms. The van der Waals surface area contributed by atoms with Crippen LogP contribution in [0.15, 0.2) is 36.7 Å². The van der Waals surface area contributed by atoms with Gasteiger partial charge in [0.25, 0.3) is 0 Å². The maximum atomic E-state index is 12.9. The highest BCUT2D eigenvalue weighted by atomic mass is 16.5. The molecule has 35 heavy (non-hydrogen) atoms.